The Labute approximate surface area is 132 Å². The third kappa shape index (κ3) is 3.11. The van der Waals surface area contributed by atoms with E-state index >= 15 is 0 Å². The summed E-state index contributed by atoms with van der Waals surface area (Å²) in [6, 6.07) is 17.3. The molecule has 0 aliphatic carbocycles. The van der Waals surface area contributed by atoms with E-state index in [9.17, 15) is 13.2 Å². The second-order valence-corrected chi connectivity index (χ2v) is 5.29. The lowest BCUT2D eigenvalue weighted by Crippen LogP contribution is -2.32. The Morgan fingerprint density at radius 3 is 2.30 bits per heavy atom. The van der Waals surface area contributed by atoms with Gasteiger partial charge in [0.2, 0.25) is 11.2 Å². The van der Waals surface area contributed by atoms with Crippen molar-refractivity contribution in [2.24, 2.45) is 7.05 Å². The summed E-state index contributed by atoms with van der Waals surface area (Å²) in [7, 11) is 1.90. The van der Waals surface area contributed by atoms with E-state index in [1.165, 1.54) is 18.2 Å². The quantitative estimate of drug-likeness (QED) is 0.595. The predicted molar refractivity (Wildman–Crippen MR) is 85.5 cm³/mol. The van der Waals surface area contributed by atoms with Crippen molar-refractivity contribution in [2.75, 3.05) is 0 Å². The van der Waals surface area contributed by atoms with Gasteiger partial charge in [0.1, 0.15) is 7.05 Å². The number of pyridine rings is 1. The molecule has 1 nitrogen and oxygen atoms in total. The minimum Gasteiger partial charge on any atom is -0.195 e. The highest BCUT2D eigenvalue weighted by Crippen LogP contribution is 2.32. The molecule has 0 atom stereocenters. The highest BCUT2D eigenvalue weighted by Gasteiger charge is 2.32. The second kappa shape index (κ2) is 5.88. The topological polar surface area (TPSA) is 3.88 Å². The number of fused-ring (bicyclic) bond motifs is 1. The fourth-order valence-corrected chi connectivity index (χ4v) is 2.60. The van der Waals surface area contributed by atoms with Crippen molar-refractivity contribution in [3.05, 3.63) is 77.5 Å². The lowest BCUT2D eigenvalue weighted by atomic mass is 10.1. The zero-order chi connectivity index (χ0) is 16.4. The van der Waals surface area contributed by atoms with Crippen LogP contribution in [0.4, 0.5) is 13.2 Å². The predicted octanol–water partition coefficient (Wildman–Crippen LogP) is 4.85. The molecule has 1 heterocycles. The lowest BCUT2D eigenvalue weighted by molar-refractivity contribution is -0.646. The van der Waals surface area contributed by atoms with Gasteiger partial charge in [0.15, 0.2) is 0 Å². The molecule has 116 valence electrons. The third-order valence-corrected chi connectivity index (χ3v) is 3.82. The summed E-state index contributed by atoms with van der Waals surface area (Å²) in [5.41, 5.74) is 1.40. The van der Waals surface area contributed by atoms with Gasteiger partial charge in [0.25, 0.3) is 0 Å². The number of para-hydroxylation sites is 1. The number of hydrogen-bond acceptors (Lipinski definition) is 0. The van der Waals surface area contributed by atoms with Crippen LogP contribution in [-0.4, -0.2) is 0 Å². The number of halogens is 3. The lowest BCUT2D eigenvalue weighted by Gasteiger charge is -2.09. The molecule has 4 heteroatoms. The van der Waals surface area contributed by atoms with Crippen LogP contribution in [0.2, 0.25) is 0 Å². The zero-order valence-corrected chi connectivity index (χ0v) is 12.5. The van der Waals surface area contributed by atoms with Crippen LogP contribution in [0.3, 0.4) is 0 Å². The minimum absolute atomic E-state index is 0.160. The van der Waals surface area contributed by atoms with Crippen molar-refractivity contribution in [1.29, 1.82) is 0 Å². The zero-order valence-electron chi connectivity index (χ0n) is 12.5. The van der Waals surface area contributed by atoms with Crippen molar-refractivity contribution in [1.82, 2.24) is 0 Å². The Balaban J connectivity index is 2.03. The van der Waals surface area contributed by atoms with Gasteiger partial charge in [0.05, 0.1) is 5.56 Å². The number of aryl methyl sites for hydroxylation is 1. The standard InChI is InChI=1S/C19H15F3N/c1-23-16(13-11-15-7-3-5-9-18(15)23)12-10-14-6-2-4-8-17(14)19(20,21)22/h2-13H,1H3/q+1/b12-10+. The summed E-state index contributed by atoms with van der Waals surface area (Å²) >= 11 is 0. The molecule has 0 aliphatic heterocycles. The van der Waals surface area contributed by atoms with Crippen LogP contribution in [0.5, 0.6) is 0 Å². The van der Waals surface area contributed by atoms with E-state index < -0.39 is 11.7 Å². The van der Waals surface area contributed by atoms with Crippen molar-refractivity contribution in [3.8, 4) is 0 Å². The normalized spacial score (nSPS) is 12.2. The smallest absolute Gasteiger partial charge is 0.195 e. The van der Waals surface area contributed by atoms with Gasteiger partial charge >= 0.3 is 6.18 Å². The van der Waals surface area contributed by atoms with Crippen LogP contribution in [0.25, 0.3) is 23.1 Å². The summed E-state index contributed by atoms with van der Waals surface area (Å²) in [6.07, 6.45) is -1.14. The Hall–Kier alpha value is -2.62. The van der Waals surface area contributed by atoms with Crippen molar-refractivity contribution in [2.45, 2.75) is 6.18 Å². The van der Waals surface area contributed by atoms with Crippen LogP contribution >= 0.6 is 0 Å². The first kappa shape index (κ1) is 15.3. The van der Waals surface area contributed by atoms with E-state index in [1.54, 1.807) is 12.1 Å². The molecule has 0 amide bonds. The Morgan fingerprint density at radius 1 is 0.826 bits per heavy atom. The second-order valence-electron chi connectivity index (χ2n) is 5.29. The van der Waals surface area contributed by atoms with Gasteiger partial charge in [-0.25, -0.2) is 0 Å². The first-order valence-electron chi connectivity index (χ1n) is 7.19. The van der Waals surface area contributed by atoms with Gasteiger partial charge in [-0.2, -0.15) is 17.7 Å². The number of benzene rings is 2. The maximum absolute atomic E-state index is 13.0. The molecule has 0 N–H and O–H groups in total. The van der Waals surface area contributed by atoms with Crippen molar-refractivity contribution in [3.63, 3.8) is 0 Å². The first-order valence-corrected chi connectivity index (χ1v) is 7.19. The molecule has 3 aromatic rings. The molecule has 3 rings (SSSR count). The maximum atomic E-state index is 13.0. The average molecular weight is 314 g/mol. The Morgan fingerprint density at radius 2 is 1.52 bits per heavy atom. The van der Waals surface area contributed by atoms with Gasteiger partial charge in [-0.15, -0.1) is 0 Å². The molecule has 1 aromatic heterocycles. The summed E-state index contributed by atoms with van der Waals surface area (Å²) < 4.78 is 41.0. The Bertz CT molecular complexity index is 879. The van der Waals surface area contributed by atoms with E-state index in [0.29, 0.717) is 0 Å². The molecule has 0 unspecified atom stereocenters. The number of rotatable bonds is 2. The van der Waals surface area contributed by atoms with Crippen LogP contribution in [0.1, 0.15) is 16.8 Å². The van der Waals surface area contributed by atoms with E-state index in [4.69, 9.17) is 0 Å². The fraction of sp³-hybridized carbons (Fsp3) is 0.105. The third-order valence-electron chi connectivity index (χ3n) is 3.82. The fourth-order valence-electron chi connectivity index (χ4n) is 2.60. The molecule has 0 fully saturated rings. The number of aromatic nitrogens is 1. The van der Waals surface area contributed by atoms with Crippen LogP contribution in [-0.2, 0) is 13.2 Å². The summed E-state index contributed by atoms with van der Waals surface area (Å²) in [4.78, 5) is 0. The van der Waals surface area contributed by atoms with Gasteiger partial charge in [0, 0.05) is 23.6 Å². The summed E-state index contributed by atoms with van der Waals surface area (Å²) in [5, 5.41) is 1.09. The number of hydrogen-bond donors (Lipinski definition) is 0. The molecule has 0 saturated carbocycles. The van der Waals surface area contributed by atoms with Gasteiger partial charge in [-0.05, 0) is 29.8 Å². The summed E-state index contributed by atoms with van der Waals surface area (Å²) in [6.45, 7) is 0. The number of alkyl halides is 3. The van der Waals surface area contributed by atoms with Crippen LogP contribution in [0, 0.1) is 0 Å². The van der Waals surface area contributed by atoms with E-state index in [2.05, 4.69) is 0 Å². The SMILES string of the molecule is C[n+]1c(/C=C/c2ccccc2C(F)(F)F)ccc2ccccc21. The van der Waals surface area contributed by atoms with Crippen LogP contribution in [0.15, 0.2) is 60.7 Å². The highest BCUT2D eigenvalue weighted by molar-refractivity contribution is 5.77. The molecule has 0 radical (unpaired) electrons. The molecular weight excluding hydrogens is 299 g/mol. The maximum Gasteiger partial charge on any atom is 0.416 e. The number of nitrogens with zero attached hydrogens (tertiary/aromatic N) is 1. The molecule has 0 spiro atoms. The monoisotopic (exact) mass is 314 g/mol. The minimum atomic E-state index is -4.35. The Kier molecular flexibility index (Phi) is 3.90. The first-order chi connectivity index (χ1) is 11.0. The van der Waals surface area contributed by atoms with Gasteiger partial charge in [-0.3, -0.25) is 0 Å². The molecule has 23 heavy (non-hydrogen) atoms. The average Bonchev–Trinajstić information content (AvgIpc) is 2.54. The van der Waals surface area contributed by atoms with E-state index in [-0.39, 0.29) is 5.56 Å². The van der Waals surface area contributed by atoms with Crippen LogP contribution < -0.4 is 4.57 Å². The molecule has 2 aromatic carbocycles. The van der Waals surface area contributed by atoms with E-state index in [1.807, 2.05) is 48.0 Å². The molecule has 0 aliphatic rings. The van der Waals surface area contributed by atoms with Crippen molar-refractivity contribution >= 4 is 23.1 Å². The summed E-state index contributed by atoms with van der Waals surface area (Å²) in [5.74, 6) is 0. The van der Waals surface area contributed by atoms with Gasteiger partial charge < -0.3 is 0 Å². The molecule has 0 saturated heterocycles. The van der Waals surface area contributed by atoms with Crippen molar-refractivity contribution < 1.29 is 17.7 Å². The molecule has 0 bridgehead atoms. The van der Waals surface area contributed by atoms with E-state index in [0.717, 1.165) is 22.7 Å². The largest absolute Gasteiger partial charge is 0.416 e. The molecular formula is C19H15F3N+. The highest BCUT2D eigenvalue weighted by atomic mass is 19.4. The van der Waals surface area contributed by atoms with Gasteiger partial charge in [-0.1, -0.05) is 30.3 Å².